The largest absolute Gasteiger partial charge is 0.344 e. The van der Waals surface area contributed by atoms with E-state index in [0.717, 1.165) is 11.3 Å². The SMILES string of the molecule is CC(N)C(C)C(=O)N[C@@H](Cc1ccccc1)C(=O)N(C)c1ccccc1. The minimum atomic E-state index is -0.656. The fourth-order valence-electron chi connectivity index (χ4n) is 2.60. The Labute approximate surface area is 155 Å². The van der Waals surface area contributed by atoms with Crippen LogP contribution in [0.25, 0.3) is 0 Å². The Balaban J connectivity index is 2.21. The number of amides is 2. The van der Waals surface area contributed by atoms with Crippen LogP contribution < -0.4 is 16.0 Å². The highest BCUT2D eigenvalue weighted by Crippen LogP contribution is 2.15. The molecule has 3 atom stereocenters. The number of nitrogens with two attached hydrogens (primary N) is 1. The van der Waals surface area contributed by atoms with Crippen molar-refractivity contribution in [1.29, 1.82) is 0 Å². The first kappa shape index (κ1) is 19.7. The van der Waals surface area contributed by atoms with Crippen LogP contribution in [0, 0.1) is 5.92 Å². The monoisotopic (exact) mass is 353 g/mol. The van der Waals surface area contributed by atoms with Crippen LogP contribution in [0.2, 0.25) is 0 Å². The average molecular weight is 353 g/mol. The lowest BCUT2D eigenvalue weighted by molar-refractivity contribution is -0.130. The Morgan fingerprint density at radius 2 is 1.54 bits per heavy atom. The molecule has 2 unspecified atom stereocenters. The van der Waals surface area contributed by atoms with Gasteiger partial charge in [0.05, 0.1) is 0 Å². The molecular weight excluding hydrogens is 326 g/mol. The highest BCUT2D eigenvalue weighted by molar-refractivity contribution is 5.99. The van der Waals surface area contributed by atoms with Crippen molar-refractivity contribution in [3.05, 3.63) is 66.2 Å². The highest BCUT2D eigenvalue weighted by atomic mass is 16.2. The zero-order valence-electron chi connectivity index (χ0n) is 15.6. The van der Waals surface area contributed by atoms with Crippen LogP contribution in [0.1, 0.15) is 19.4 Å². The van der Waals surface area contributed by atoms with Gasteiger partial charge in [-0.3, -0.25) is 9.59 Å². The molecule has 0 bridgehead atoms. The van der Waals surface area contributed by atoms with E-state index in [2.05, 4.69) is 5.32 Å². The van der Waals surface area contributed by atoms with Crippen molar-refractivity contribution in [2.45, 2.75) is 32.4 Å². The van der Waals surface area contributed by atoms with Gasteiger partial charge in [-0.2, -0.15) is 0 Å². The van der Waals surface area contributed by atoms with Gasteiger partial charge >= 0.3 is 0 Å². The van der Waals surface area contributed by atoms with Crippen molar-refractivity contribution in [3.8, 4) is 0 Å². The van der Waals surface area contributed by atoms with Crippen LogP contribution in [0.4, 0.5) is 5.69 Å². The third kappa shape index (κ3) is 5.17. The number of para-hydroxylation sites is 1. The summed E-state index contributed by atoms with van der Waals surface area (Å²) in [5, 5.41) is 2.89. The van der Waals surface area contributed by atoms with E-state index in [1.807, 2.05) is 60.7 Å². The van der Waals surface area contributed by atoms with E-state index >= 15 is 0 Å². The molecule has 0 spiro atoms. The van der Waals surface area contributed by atoms with Crippen molar-refractivity contribution in [2.75, 3.05) is 11.9 Å². The maximum Gasteiger partial charge on any atom is 0.249 e. The van der Waals surface area contributed by atoms with E-state index in [-0.39, 0.29) is 23.8 Å². The van der Waals surface area contributed by atoms with Crippen molar-refractivity contribution < 1.29 is 9.59 Å². The second-order valence-electron chi connectivity index (χ2n) is 6.63. The summed E-state index contributed by atoms with van der Waals surface area (Å²) >= 11 is 0. The van der Waals surface area contributed by atoms with Crippen LogP contribution in [0.3, 0.4) is 0 Å². The molecule has 138 valence electrons. The predicted molar refractivity (Wildman–Crippen MR) is 105 cm³/mol. The summed E-state index contributed by atoms with van der Waals surface area (Å²) in [6.07, 6.45) is 0.425. The van der Waals surface area contributed by atoms with E-state index in [0.29, 0.717) is 6.42 Å². The third-order valence-corrected chi connectivity index (χ3v) is 4.57. The lowest BCUT2D eigenvalue weighted by Crippen LogP contribution is -2.51. The first-order chi connectivity index (χ1) is 12.4. The number of hydrogen-bond acceptors (Lipinski definition) is 3. The lowest BCUT2D eigenvalue weighted by Gasteiger charge is -2.26. The maximum atomic E-state index is 13.1. The Morgan fingerprint density at radius 1 is 1.00 bits per heavy atom. The molecule has 0 aliphatic carbocycles. The van der Waals surface area contributed by atoms with Crippen LogP contribution in [0.5, 0.6) is 0 Å². The van der Waals surface area contributed by atoms with Gasteiger partial charge in [-0.25, -0.2) is 0 Å². The van der Waals surface area contributed by atoms with Crippen molar-refractivity contribution in [2.24, 2.45) is 11.7 Å². The Hall–Kier alpha value is -2.66. The summed E-state index contributed by atoms with van der Waals surface area (Å²) in [4.78, 5) is 27.1. The molecule has 0 heterocycles. The molecule has 2 aromatic carbocycles. The van der Waals surface area contributed by atoms with E-state index < -0.39 is 6.04 Å². The van der Waals surface area contributed by atoms with Gasteiger partial charge in [-0.1, -0.05) is 55.5 Å². The Kier molecular flexibility index (Phi) is 6.92. The second-order valence-corrected chi connectivity index (χ2v) is 6.63. The minimum Gasteiger partial charge on any atom is -0.344 e. The number of anilines is 1. The van der Waals surface area contributed by atoms with E-state index in [9.17, 15) is 9.59 Å². The average Bonchev–Trinajstić information content (AvgIpc) is 2.67. The molecular formula is C21H27N3O2. The standard InChI is InChI=1S/C21H27N3O2/c1-15(16(2)22)20(25)23-19(14-17-10-6-4-7-11-17)21(26)24(3)18-12-8-5-9-13-18/h4-13,15-16,19H,14,22H2,1-3H3,(H,23,25)/t15?,16?,19-/m0/s1. The van der Waals surface area contributed by atoms with Gasteiger partial charge in [0.25, 0.3) is 0 Å². The fraction of sp³-hybridized carbons (Fsp3) is 0.333. The topological polar surface area (TPSA) is 75.4 Å². The Morgan fingerprint density at radius 3 is 2.08 bits per heavy atom. The molecule has 2 aromatic rings. The van der Waals surface area contributed by atoms with Gasteiger partial charge in [-0.05, 0) is 24.6 Å². The molecule has 5 nitrogen and oxygen atoms in total. The van der Waals surface area contributed by atoms with Crippen LogP contribution in [-0.4, -0.2) is 30.9 Å². The molecule has 0 fully saturated rings. The summed E-state index contributed by atoms with van der Waals surface area (Å²) < 4.78 is 0. The van der Waals surface area contributed by atoms with E-state index in [1.54, 1.807) is 25.8 Å². The highest BCUT2D eigenvalue weighted by Gasteiger charge is 2.27. The Bertz CT molecular complexity index is 717. The number of benzene rings is 2. The summed E-state index contributed by atoms with van der Waals surface area (Å²) in [7, 11) is 1.72. The number of rotatable bonds is 7. The molecule has 0 radical (unpaired) electrons. The van der Waals surface area contributed by atoms with Gasteiger partial charge in [0.2, 0.25) is 11.8 Å². The second kappa shape index (κ2) is 9.15. The lowest BCUT2D eigenvalue weighted by atomic mass is 10.0. The summed E-state index contributed by atoms with van der Waals surface area (Å²) in [6.45, 7) is 3.55. The number of hydrogen-bond donors (Lipinski definition) is 2. The zero-order valence-corrected chi connectivity index (χ0v) is 15.6. The fourth-order valence-corrected chi connectivity index (χ4v) is 2.60. The maximum absolute atomic E-state index is 13.1. The molecule has 5 heteroatoms. The zero-order chi connectivity index (χ0) is 19.1. The minimum absolute atomic E-state index is 0.162. The van der Waals surface area contributed by atoms with Crippen molar-refractivity contribution in [1.82, 2.24) is 5.32 Å². The number of nitrogens with zero attached hydrogens (tertiary/aromatic N) is 1. The predicted octanol–water partition coefficient (Wildman–Crippen LogP) is 2.36. The summed E-state index contributed by atoms with van der Waals surface area (Å²) in [5.41, 5.74) is 7.61. The number of carbonyl (C=O) groups excluding carboxylic acids is 2. The van der Waals surface area contributed by atoms with Crippen LogP contribution in [0.15, 0.2) is 60.7 Å². The molecule has 0 saturated heterocycles. The molecule has 26 heavy (non-hydrogen) atoms. The quantitative estimate of drug-likeness (QED) is 0.802. The summed E-state index contributed by atoms with van der Waals surface area (Å²) in [5.74, 6) is -0.746. The molecule has 3 N–H and O–H groups in total. The smallest absolute Gasteiger partial charge is 0.249 e. The summed E-state index contributed by atoms with van der Waals surface area (Å²) in [6, 6.07) is 18.1. The van der Waals surface area contributed by atoms with Gasteiger partial charge in [0.15, 0.2) is 0 Å². The van der Waals surface area contributed by atoms with E-state index in [4.69, 9.17) is 5.73 Å². The molecule has 0 aromatic heterocycles. The van der Waals surface area contributed by atoms with Gasteiger partial charge in [-0.15, -0.1) is 0 Å². The molecule has 0 aliphatic rings. The van der Waals surface area contributed by atoms with Gasteiger partial charge in [0, 0.05) is 31.1 Å². The molecule has 2 rings (SSSR count). The number of likely N-dealkylation sites (N-methyl/N-ethyl adjacent to an activating group) is 1. The van der Waals surface area contributed by atoms with Gasteiger partial charge < -0.3 is 16.0 Å². The van der Waals surface area contributed by atoms with Crippen molar-refractivity contribution in [3.63, 3.8) is 0 Å². The first-order valence-corrected chi connectivity index (χ1v) is 8.82. The third-order valence-electron chi connectivity index (χ3n) is 4.57. The first-order valence-electron chi connectivity index (χ1n) is 8.82. The van der Waals surface area contributed by atoms with Crippen molar-refractivity contribution >= 4 is 17.5 Å². The number of carbonyl (C=O) groups is 2. The number of nitrogens with one attached hydrogen (secondary N) is 1. The normalized spacial score (nSPS) is 14.2. The van der Waals surface area contributed by atoms with Crippen LogP contribution in [-0.2, 0) is 16.0 Å². The van der Waals surface area contributed by atoms with Gasteiger partial charge in [0.1, 0.15) is 6.04 Å². The molecule has 0 saturated carbocycles. The molecule has 0 aliphatic heterocycles. The molecule has 2 amide bonds. The van der Waals surface area contributed by atoms with Crippen LogP contribution >= 0.6 is 0 Å². The van der Waals surface area contributed by atoms with E-state index in [1.165, 1.54) is 0 Å².